The van der Waals surface area contributed by atoms with E-state index in [0.717, 1.165) is 39.1 Å². The van der Waals surface area contributed by atoms with E-state index in [-0.39, 0.29) is 0 Å². The van der Waals surface area contributed by atoms with Gasteiger partial charge in [-0.25, -0.2) is 0 Å². The van der Waals surface area contributed by atoms with Gasteiger partial charge in [0.15, 0.2) is 0 Å². The van der Waals surface area contributed by atoms with Crippen LogP contribution in [0.25, 0.3) is 10.8 Å². The monoisotopic (exact) mass is 316 g/mol. The van der Waals surface area contributed by atoms with Gasteiger partial charge in [0.2, 0.25) is 0 Å². The Hall–Kier alpha value is -2.32. The Balaban J connectivity index is 1.39. The second-order valence-electron chi connectivity index (χ2n) is 6.56. The number of fused-ring (bicyclic) bond motifs is 1. The zero-order valence-corrected chi connectivity index (χ0v) is 14.1. The average Bonchev–Trinajstić information content (AvgIpc) is 2.67. The van der Waals surface area contributed by atoms with Gasteiger partial charge in [0.1, 0.15) is 0 Å². The maximum atomic E-state index is 2.59. The Kier molecular flexibility index (Phi) is 4.48. The first-order chi connectivity index (χ1) is 11.9. The molecule has 0 atom stereocenters. The minimum absolute atomic E-state index is 1.11. The Morgan fingerprint density at radius 1 is 0.667 bits per heavy atom. The number of rotatable bonds is 4. The third-order valence-corrected chi connectivity index (χ3v) is 5.04. The predicted octanol–water partition coefficient (Wildman–Crippen LogP) is 4.20. The predicted molar refractivity (Wildman–Crippen MR) is 103 cm³/mol. The quantitative estimate of drug-likeness (QED) is 0.711. The Bertz CT molecular complexity index is 784. The highest BCUT2D eigenvalue weighted by atomic mass is 15.3. The van der Waals surface area contributed by atoms with Crippen molar-refractivity contribution < 1.29 is 0 Å². The molecule has 1 fully saturated rings. The van der Waals surface area contributed by atoms with Gasteiger partial charge in [-0.15, -0.1) is 0 Å². The lowest BCUT2D eigenvalue weighted by molar-refractivity contribution is 0.261. The first kappa shape index (κ1) is 15.2. The van der Waals surface area contributed by atoms with E-state index in [9.17, 15) is 0 Å². The van der Waals surface area contributed by atoms with Crippen molar-refractivity contribution in [3.05, 3.63) is 78.4 Å². The largest absolute Gasteiger partial charge is 0.368 e. The second-order valence-corrected chi connectivity index (χ2v) is 6.56. The van der Waals surface area contributed by atoms with Crippen LogP contribution in [0, 0.1) is 0 Å². The highest BCUT2D eigenvalue weighted by Gasteiger charge is 2.18. The molecule has 1 aliphatic heterocycles. The Labute approximate surface area is 144 Å². The summed E-state index contributed by atoms with van der Waals surface area (Å²) < 4.78 is 0. The molecule has 2 heteroatoms. The van der Waals surface area contributed by atoms with E-state index in [1.165, 1.54) is 22.0 Å². The third-order valence-electron chi connectivity index (χ3n) is 5.04. The fraction of sp³-hybridized carbons (Fsp3) is 0.273. The van der Waals surface area contributed by atoms with E-state index in [1.54, 1.807) is 0 Å². The van der Waals surface area contributed by atoms with Crippen molar-refractivity contribution in [1.82, 2.24) is 4.90 Å². The van der Waals surface area contributed by atoms with Crippen molar-refractivity contribution >= 4 is 16.5 Å². The molecular formula is C22H24N2. The maximum Gasteiger partial charge on any atom is 0.0446 e. The van der Waals surface area contributed by atoms with Crippen LogP contribution in [0.4, 0.5) is 5.69 Å². The lowest BCUT2D eigenvalue weighted by atomic mass is 10.1. The van der Waals surface area contributed by atoms with E-state index in [1.807, 2.05) is 0 Å². The summed E-state index contributed by atoms with van der Waals surface area (Å²) >= 11 is 0. The van der Waals surface area contributed by atoms with Crippen molar-refractivity contribution in [3.63, 3.8) is 0 Å². The summed E-state index contributed by atoms with van der Waals surface area (Å²) in [5.41, 5.74) is 2.82. The molecule has 3 aromatic carbocycles. The lowest BCUT2D eigenvalue weighted by Crippen LogP contribution is -2.47. The number of hydrogen-bond acceptors (Lipinski definition) is 2. The summed E-state index contributed by atoms with van der Waals surface area (Å²) in [4.78, 5) is 5.13. The molecular weight excluding hydrogens is 292 g/mol. The normalized spacial score (nSPS) is 15.8. The standard InChI is InChI=1S/C22H24N2/c1-2-7-19(8-3-1)13-14-23-15-17-24(18-16-23)22-12-6-10-20-9-4-5-11-21(20)22/h1-12H,13-18H2. The van der Waals surface area contributed by atoms with Gasteiger partial charge in [-0.1, -0.05) is 66.7 Å². The molecule has 0 radical (unpaired) electrons. The maximum absolute atomic E-state index is 2.59. The second kappa shape index (κ2) is 7.06. The molecule has 1 aliphatic rings. The van der Waals surface area contributed by atoms with Crippen LogP contribution in [0.1, 0.15) is 5.56 Å². The van der Waals surface area contributed by atoms with Gasteiger partial charge in [0.25, 0.3) is 0 Å². The van der Waals surface area contributed by atoms with Crippen LogP contribution in [0.3, 0.4) is 0 Å². The van der Waals surface area contributed by atoms with Crippen LogP contribution in [-0.2, 0) is 6.42 Å². The first-order valence-corrected chi connectivity index (χ1v) is 8.89. The molecule has 0 spiro atoms. The van der Waals surface area contributed by atoms with Crippen molar-refractivity contribution in [2.45, 2.75) is 6.42 Å². The molecule has 0 aromatic heterocycles. The van der Waals surface area contributed by atoms with Gasteiger partial charge in [-0.05, 0) is 23.4 Å². The van der Waals surface area contributed by atoms with Gasteiger partial charge in [0, 0.05) is 43.8 Å². The highest BCUT2D eigenvalue weighted by Crippen LogP contribution is 2.27. The van der Waals surface area contributed by atoms with Crippen LogP contribution in [0.15, 0.2) is 72.8 Å². The van der Waals surface area contributed by atoms with E-state index in [2.05, 4.69) is 82.6 Å². The van der Waals surface area contributed by atoms with Crippen molar-refractivity contribution in [3.8, 4) is 0 Å². The summed E-state index contributed by atoms with van der Waals surface area (Å²) in [5.74, 6) is 0. The van der Waals surface area contributed by atoms with E-state index in [0.29, 0.717) is 0 Å². The molecule has 3 aromatic rings. The minimum atomic E-state index is 1.11. The van der Waals surface area contributed by atoms with Crippen LogP contribution >= 0.6 is 0 Å². The van der Waals surface area contributed by atoms with Crippen LogP contribution in [0.2, 0.25) is 0 Å². The van der Waals surface area contributed by atoms with Crippen molar-refractivity contribution in [1.29, 1.82) is 0 Å². The molecule has 0 aliphatic carbocycles. The lowest BCUT2D eigenvalue weighted by Gasteiger charge is -2.36. The zero-order chi connectivity index (χ0) is 16.2. The third kappa shape index (κ3) is 3.29. The smallest absolute Gasteiger partial charge is 0.0446 e. The number of piperazine rings is 1. The SMILES string of the molecule is c1ccc(CCN2CCN(c3cccc4ccccc34)CC2)cc1. The highest BCUT2D eigenvalue weighted by molar-refractivity contribution is 5.94. The van der Waals surface area contributed by atoms with Crippen LogP contribution < -0.4 is 4.90 Å². The summed E-state index contributed by atoms with van der Waals surface area (Å²) in [5, 5.41) is 2.71. The molecule has 122 valence electrons. The van der Waals surface area contributed by atoms with E-state index in [4.69, 9.17) is 0 Å². The molecule has 0 unspecified atom stereocenters. The van der Waals surface area contributed by atoms with E-state index >= 15 is 0 Å². The van der Waals surface area contributed by atoms with E-state index < -0.39 is 0 Å². The summed E-state index contributed by atoms with van der Waals surface area (Å²) in [7, 11) is 0. The van der Waals surface area contributed by atoms with Gasteiger partial charge in [-0.3, -0.25) is 4.90 Å². The topological polar surface area (TPSA) is 6.48 Å². The first-order valence-electron chi connectivity index (χ1n) is 8.89. The summed E-state index contributed by atoms with van der Waals surface area (Å²) in [6, 6.07) is 26.2. The molecule has 1 heterocycles. The Morgan fingerprint density at radius 3 is 2.21 bits per heavy atom. The summed E-state index contributed by atoms with van der Waals surface area (Å²) in [6.07, 6.45) is 1.15. The minimum Gasteiger partial charge on any atom is -0.368 e. The molecule has 4 rings (SSSR count). The van der Waals surface area contributed by atoms with Gasteiger partial charge in [-0.2, -0.15) is 0 Å². The average molecular weight is 316 g/mol. The number of hydrogen-bond donors (Lipinski definition) is 0. The molecule has 0 saturated carbocycles. The van der Waals surface area contributed by atoms with Crippen LogP contribution in [-0.4, -0.2) is 37.6 Å². The molecule has 0 amide bonds. The fourth-order valence-corrected chi connectivity index (χ4v) is 3.63. The zero-order valence-electron chi connectivity index (χ0n) is 14.1. The number of benzene rings is 3. The molecule has 0 N–H and O–H groups in total. The van der Waals surface area contributed by atoms with Crippen molar-refractivity contribution in [2.24, 2.45) is 0 Å². The summed E-state index contributed by atoms with van der Waals surface area (Å²) in [6.45, 7) is 5.69. The van der Waals surface area contributed by atoms with Crippen LogP contribution in [0.5, 0.6) is 0 Å². The molecule has 24 heavy (non-hydrogen) atoms. The molecule has 0 bridgehead atoms. The molecule has 1 saturated heterocycles. The van der Waals surface area contributed by atoms with Gasteiger partial charge >= 0.3 is 0 Å². The Morgan fingerprint density at radius 2 is 1.38 bits per heavy atom. The van der Waals surface area contributed by atoms with Crippen molar-refractivity contribution in [2.75, 3.05) is 37.6 Å². The number of nitrogens with zero attached hydrogens (tertiary/aromatic N) is 2. The van der Waals surface area contributed by atoms with Gasteiger partial charge < -0.3 is 4.90 Å². The molecule has 2 nitrogen and oxygen atoms in total. The van der Waals surface area contributed by atoms with Gasteiger partial charge in [0.05, 0.1) is 0 Å². The fourth-order valence-electron chi connectivity index (χ4n) is 3.63. The number of anilines is 1.